The fourth-order valence-corrected chi connectivity index (χ4v) is 1.90. The Morgan fingerprint density at radius 2 is 2.33 bits per heavy atom. The number of allylic oxidation sites excluding steroid dienone is 5. The molecule has 0 aromatic carbocycles. The van der Waals surface area contributed by atoms with Crippen LogP contribution in [0.1, 0.15) is 19.3 Å². The van der Waals surface area contributed by atoms with Crippen molar-refractivity contribution in [2.75, 3.05) is 13.6 Å². The predicted octanol–water partition coefficient (Wildman–Crippen LogP) is 2.48. The first-order valence-corrected chi connectivity index (χ1v) is 4.65. The highest BCUT2D eigenvalue weighted by Gasteiger charge is 2.15. The summed E-state index contributed by atoms with van der Waals surface area (Å²) in [5, 5.41) is 0. The maximum atomic E-state index is 2.36. The molecule has 1 aliphatic carbocycles. The molecule has 0 saturated carbocycles. The third kappa shape index (κ3) is 1.31. The summed E-state index contributed by atoms with van der Waals surface area (Å²) in [5.74, 6) is 0. The SMILES string of the molecule is CN1CCCC2=CC=CCC=C21. The third-order valence-corrected chi connectivity index (χ3v) is 2.56. The standard InChI is InChI=1S/C11H15N/c1-12-9-5-7-10-6-3-2-4-8-11(10)12/h2-3,6,8H,4-5,7,9H2,1H3. The first-order valence-electron chi connectivity index (χ1n) is 4.65. The van der Waals surface area contributed by atoms with E-state index in [0.717, 1.165) is 6.42 Å². The smallest absolute Gasteiger partial charge is 0.0358 e. The van der Waals surface area contributed by atoms with Gasteiger partial charge in [0.25, 0.3) is 0 Å². The van der Waals surface area contributed by atoms with E-state index in [1.165, 1.54) is 30.7 Å². The second-order valence-electron chi connectivity index (χ2n) is 3.47. The van der Waals surface area contributed by atoms with Crippen LogP contribution in [0.2, 0.25) is 0 Å². The van der Waals surface area contributed by atoms with Gasteiger partial charge in [0.15, 0.2) is 0 Å². The maximum Gasteiger partial charge on any atom is 0.0358 e. The predicted molar refractivity (Wildman–Crippen MR) is 51.8 cm³/mol. The van der Waals surface area contributed by atoms with Gasteiger partial charge in [0.05, 0.1) is 0 Å². The second-order valence-corrected chi connectivity index (χ2v) is 3.47. The number of nitrogens with zero attached hydrogens (tertiary/aromatic N) is 1. The van der Waals surface area contributed by atoms with Crippen molar-refractivity contribution in [3.8, 4) is 0 Å². The number of piperidine rings is 1. The number of hydrogen-bond acceptors (Lipinski definition) is 1. The van der Waals surface area contributed by atoms with Crippen molar-refractivity contribution in [1.82, 2.24) is 4.90 Å². The molecule has 1 heteroatoms. The maximum absolute atomic E-state index is 2.36. The molecule has 0 spiro atoms. The fourth-order valence-electron chi connectivity index (χ4n) is 1.90. The highest BCUT2D eigenvalue weighted by Crippen LogP contribution is 2.26. The van der Waals surface area contributed by atoms with Gasteiger partial charge in [0.2, 0.25) is 0 Å². The Kier molecular flexibility index (Phi) is 2.03. The number of rotatable bonds is 0. The summed E-state index contributed by atoms with van der Waals surface area (Å²) < 4.78 is 0. The van der Waals surface area contributed by atoms with E-state index in [2.05, 4.69) is 36.3 Å². The molecule has 0 aromatic heterocycles. The normalized spacial score (nSPS) is 22.6. The van der Waals surface area contributed by atoms with Crippen molar-refractivity contribution in [2.24, 2.45) is 0 Å². The van der Waals surface area contributed by atoms with Crippen LogP contribution in [-0.4, -0.2) is 18.5 Å². The lowest BCUT2D eigenvalue weighted by Crippen LogP contribution is -2.24. The minimum Gasteiger partial charge on any atom is -0.375 e. The molecule has 0 unspecified atom stereocenters. The van der Waals surface area contributed by atoms with Crippen LogP contribution >= 0.6 is 0 Å². The summed E-state index contributed by atoms with van der Waals surface area (Å²) >= 11 is 0. The van der Waals surface area contributed by atoms with Gasteiger partial charge in [0.1, 0.15) is 0 Å². The van der Waals surface area contributed by atoms with Crippen LogP contribution in [0, 0.1) is 0 Å². The first kappa shape index (κ1) is 7.66. The van der Waals surface area contributed by atoms with E-state index in [9.17, 15) is 0 Å². The number of hydrogen-bond donors (Lipinski definition) is 0. The molecule has 0 aromatic rings. The number of fused-ring (bicyclic) bond motifs is 1. The topological polar surface area (TPSA) is 3.24 Å². The summed E-state index contributed by atoms with van der Waals surface area (Å²) in [6, 6.07) is 0. The molecule has 1 nitrogen and oxygen atoms in total. The molecule has 1 heterocycles. The molecule has 64 valence electrons. The van der Waals surface area contributed by atoms with E-state index in [1.54, 1.807) is 0 Å². The summed E-state index contributed by atoms with van der Waals surface area (Å²) in [6.45, 7) is 1.21. The second kappa shape index (κ2) is 3.18. The molecule has 0 atom stereocenters. The quantitative estimate of drug-likeness (QED) is 0.527. The molecule has 0 N–H and O–H groups in total. The average molecular weight is 161 g/mol. The van der Waals surface area contributed by atoms with Gasteiger partial charge in [-0.15, -0.1) is 0 Å². The van der Waals surface area contributed by atoms with Crippen molar-refractivity contribution in [3.63, 3.8) is 0 Å². The zero-order valence-electron chi connectivity index (χ0n) is 7.59. The Morgan fingerprint density at radius 1 is 1.42 bits per heavy atom. The fraction of sp³-hybridized carbons (Fsp3) is 0.455. The van der Waals surface area contributed by atoms with E-state index in [0.29, 0.717) is 0 Å². The van der Waals surface area contributed by atoms with Gasteiger partial charge < -0.3 is 4.90 Å². The van der Waals surface area contributed by atoms with Gasteiger partial charge >= 0.3 is 0 Å². The van der Waals surface area contributed by atoms with Crippen molar-refractivity contribution in [2.45, 2.75) is 19.3 Å². The molecule has 2 rings (SSSR count). The molecular weight excluding hydrogens is 146 g/mol. The van der Waals surface area contributed by atoms with Gasteiger partial charge in [-0.2, -0.15) is 0 Å². The van der Waals surface area contributed by atoms with Crippen LogP contribution in [0.15, 0.2) is 35.6 Å². The summed E-state index contributed by atoms with van der Waals surface area (Å²) in [4.78, 5) is 2.36. The average Bonchev–Trinajstić information content (AvgIpc) is 2.30. The van der Waals surface area contributed by atoms with Gasteiger partial charge in [-0.1, -0.05) is 24.3 Å². The van der Waals surface area contributed by atoms with Crippen LogP contribution in [0.5, 0.6) is 0 Å². The van der Waals surface area contributed by atoms with E-state index < -0.39 is 0 Å². The largest absolute Gasteiger partial charge is 0.375 e. The van der Waals surface area contributed by atoms with Crippen LogP contribution < -0.4 is 0 Å². The highest BCUT2D eigenvalue weighted by molar-refractivity contribution is 5.36. The van der Waals surface area contributed by atoms with E-state index >= 15 is 0 Å². The Balaban J connectivity index is 2.30. The molecule has 1 saturated heterocycles. The highest BCUT2D eigenvalue weighted by atomic mass is 15.1. The van der Waals surface area contributed by atoms with Gasteiger partial charge in [-0.05, 0) is 24.8 Å². The van der Waals surface area contributed by atoms with Crippen molar-refractivity contribution in [1.29, 1.82) is 0 Å². The molecular formula is C11H15N. The lowest BCUT2D eigenvalue weighted by Gasteiger charge is -2.29. The minimum atomic E-state index is 1.08. The Bertz CT molecular complexity index is 258. The molecule has 0 amide bonds. The molecule has 1 aliphatic heterocycles. The van der Waals surface area contributed by atoms with E-state index in [-0.39, 0.29) is 0 Å². The Hall–Kier alpha value is -0.980. The molecule has 1 fully saturated rings. The molecule has 0 radical (unpaired) electrons. The van der Waals surface area contributed by atoms with Gasteiger partial charge in [-0.25, -0.2) is 0 Å². The molecule has 12 heavy (non-hydrogen) atoms. The van der Waals surface area contributed by atoms with E-state index in [4.69, 9.17) is 0 Å². The van der Waals surface area contributed by atoms with Crippen LogP contribution in [0.4, 0.5) is 0 Å². The Labute approximate surface area is 74.1 Å². The van der Waals surface area contributed by atoms with Crippen LogP contribution in [0.25, 0.3) is 0 Å². The third-order valence-electron chi connectivity index (χ3n) is 2.56. The van der Waals surface area contributed by atoms with Crippen LogP contribution in [0.3, 0.4) is 0 Å². The number of likely N-dealkylation sites (N-methyl/N-ethyl adjacent to an activating group) is 1. The Morgan fingerprint density at radius 3 is 3.25 bits per heavy atom. The van der Waals surface area contributed by atoms with Crippen LogP contribution in [-0.2, 0) is 0 Å². The summed E-state index contributed by atoms with van der Waals surface area (Å²) in [6.07, 6.45) is 12.6. The first-order chi connectivity index (χ1) is 5.88. The number of likely N-dealkylation sites (tertiary alicyclic amines) is 1. The minimum absolute atomic E-state index is 1.08. The van der Waals surface area contributed by atoms with E-state index in [1.807, 2.05) is 0 Å². The molecule has 2 aliphatic rings. The summed E-state index contributed by atoms with van der Waals surface area (Å²) in [5.41, 5.74) is 2.96. The lowest BCUT2D eigenvalue weighted by molar-refractivity contribution is 0.383. The zero-order chi connectivity index (χ0) is 8.39. The molecule has 0 bridgehead atoms. The van der Waals surface area contributed by atoms with Crippen molar-refractivity contribution < 1.29 is 0 Å². The summed E-state index contributed by atoms with van der Waals surface area (Å²) in [7, 11) is 2.18. The van der Waals surface area contributed by atoms with Crippen molar-refractivity contribution in [3.05, 3.63) is 35.6 Å². The monoisotopic (exact) mass is 161 g/mol. The zero-order valence-corrected chi connectivity index (χ0v) is 7.59. The lowest BCUT2D eigenvalue weighted by atomic mass is 10.0. The van der Waals surface area contributed by atoms with Gasteiger partial charge in [0, 0.05) is 19.3 Å². The van der Waals surface area contributed by atoms with Crippen molar-refractivity contribution >= 4 is 0 Å². The van der Waals surface area contributed by atoms with Gasteiger partial charge in [-0.3, -0.25) is 0 Å².